The lowest BCUT2D eigenvalue weighted by Crippen LogP contribution is -2.47. The largest absolute Gasteiger partial charge is 0.444 e. The van der Waals surface area contributed by atoms with Crippen molar-refractivity contribution in [2.75, 3.05) is 32.9 Å². The first-order valence-electron chi connectivity index (χ1n) is 24.0. The predicted octanol–water partition coefficient (Wildman–Crippen LogP) is 12.8. The fourth-order valence-corrected chi connectivity index (χ4v) is 7.10. The van der Waals surface area contributed by atoms with Gasteiger partial charge < -0.3 is 30.2 Å². The smallest absolute Gasteiger partial charge is 0.407 e. The molecule has 1 rings (SSSR count). The number of rotatable bonds is 40. The van der Waals surface area contributed by atoms with Gasteiger partial charge in [-0.15, -0.1) is 0 Å². The van der Waals surface area contributed by atoms with Crippen LogP contribution in [-0.4, -0.2) is 62.7 Å². The molecule has 0 radical (unpaired) electrons. The van der Waals surface area contributed by atoms with Gasteiger partial charge in [0.1, 0.15) is 5.60 Å². The maximum absolute atomic E-state index is 13.6. The van der Waals surface area contributed by atoms with Crippen molar-refractivity contribution in [2.24, 2.45) is 0 Å². The van der Waals surface area contributed by atoms with E-state index < -0.39 is 11.7 Å². The quantitative estimate of drug-likeness (QED) is 0.0572. The van der Waals surface area contributed by atoms with Gasteiger partial charge in [-0.25, -0.2) is 4.79 Å². The number of carbonyl (C=O) groups excluding carboxylic acids is 2. The SMILES string of the molecule is CCCCCCCCCCCCCCOCC(CNC(=O)[C@@H](CCCCNC(=O)OC(C)(C)C)NCc1ccccc1)OCCCCCCCCCCCCCC. The van der Waals surface area contributed by atoms with E-state index in [1.807, 2.05) is 39.0 Å². The normalized spacial score (nSPS) is 12.7. The number of unbranched alkanes of at least 4 members (excludes halogenated alkanes) is 23. The minimum absolute atomic E-state index is 0.0223. The van der Waals surface area contributed by atoms with Crippen LogP contribution in [0.5, 0.6) is 0 Å². The van der Waals surface area contributed by atoms with Gasteiger partial charge in [0, 0.05) is 32.8 Å². The Morgan fingerprint density at radius 2 is 1.09 bits per heavy atom. The van der Waals surface area contributed by atoms with Crippen LogP contribution in [0.3, 0.4) is 0 Å². The van der Waals surface area contributed by atoms with Gasteiger partial charge in [-0.2, -0.15) is 0 Å². The molecule has 1 aromatic carbocycles. The van der Waals surface area contributed by atoms with Crippen LogP contribution in [0, 0.1) is 0 Å². The monoisotopic (exact) mass is 802 g/mol. The van der Waals surface area contributed by atoms with Crippen molar-refractivity contribution in [3.8, 4) is 0 Å². The number of benzene rings is 1. The first kappa shape index (κ1) is 52.9. The first-order chi connectivity index (χ1) is 27.7. The summed E-state index contributed by atoms with van der Waals surface area (Å²) in [6.07, 6.45) is 33.3. The summed E-state index contributed by atoms with van der Waals surface area (Å²) in [5.74, 6) is -0.0223. The van der Waals surface area contributed by atoms with E-state index in [2.05, 4.69) is 41.9 Å². The van der Waals surface area contributed by atoms with E-state index in [4.69, 9.17) is 14.2 Å². The highest BCUT2D eigenvalue weighted by Gasteiger charge is 2.20. The molecule has 2 atom stereocenters. The van der Waals surface area contributed by atoms with Gasteiger partial charge in [0.2, 0.25) is 5.91 Å². The molecule has 8 heteroatoms. The minimum atomic E-state index is -0.527. The van der Waals surface area contributed by atoms with Gasteiger partial charge in [-0.1, -0.05) is 185 Å². The molecule has 0 aliphatic heterocycles. The van der Waals surface area contributed by atoms with E-state index in [1.54, 1.807) is 0 Å². The third-order valence-corrected chi connectivity index (χ3v) is 10.6. The molecule has 0 bridgehead atoms. The molecule has 2 amide bonds. The Hall–Kier alpha value is -2.16. The summed E-state index contributed by atoms with van der Waals surface area (Å²) in [7, 11) is 0. The van der Waals surface area contributed by atoms with Gasteiger partial charge in [-0.3, -0.25) is 4.79 Å². The molecular formula is C49H91N3O5. The molecular weight excluding hydrogens is 711 g/mol. The Morgan fingerprint density at radius 3 is 1.60 bits per heavy atom. The molecule has 0 aliphatic rings. The van der Waals surface area contributed by atoms with Crippen LogP contribution in [0.15, 0.2) is 30.3 Å². The molecule has 332 valence electrons. The average Bonchev–Trinajstić information content (AvgIpc) is 3.19. The Labute approximate surface area is 351 Å². The lowest BCUT2D eigenvalue weighted by atomic mass is 10.1. The molecule has 0 saturated heterocycles. The van der Waals surface area contributed by atoms with Crippen molar-refractivity contribution < 1.29 is 23.8 Å². The lowest BCUT2D eigenvalue weighted by Gasteiger charge is -2.22. The number of nitrogens with one attached hydrogen (secondary N) is 3. The average molecular weight is 802 g/mol. The number of carbonyl (C=O) groups is 2. The van der Waals surface area contributed by atoms with Crippen LogP contribution in [0.2, 0.25) is 0 Å². The number of amides is 2. The second-order valence-corrected chi connectivity index (χ2v) is 17.4. The van der Waals surface area contributed by atoms with E-state index in [0.717, 1.165) is 37.9 Å². The first-order valence-corrected chi connectivity index (χ1v) is 24.0. The van der Waals surface area contributed by atoms with Crippen LogP contribution < -0.4 is 16.0 Å². The van der Waals surface area contributed by atoms with E-state index in [9.17, 15) is 9.59 Å². The van der Waals surface area contributed by atoms with Crippen molar-refractivity contribution >= 4 is 12.0 Å². The zero-order chi connectivity index (χ0) is 41.5. The van der Waals surface area contributed by atoms with Crippen molar-refractivity contribution in [1.29, 1.82) is 0 Å². The summed E-state index contributed by atoms with van der Waals surface area (Å²) in [6, 6.07) is 9.82. The van der Waals surface area contributed by atoms with Crippen LogP contribution in [0.1, 0.15) is 214 Å². The second-order valence-electron chi connectivity index (χ2n) is 17.4. The zero-order valence-corrected chi connectivity index (χ0v) is 37.9. The van der Waals surface area contributed by atoms with Crippen molar-refractivity contribution in [3.63, 3.8) is 0 Å². The summed E-state index contributed by atoms with van der Waals surface area (Å²) >= 11 is 0. The summed E-state index contributed by atoms with van der Waals surface area (Å²) in [6.45, 7) is 13.6. The topological polar surface area (TPSA) is 97.9 Å². The van der Waals surface area contributed by atoms with E-state index in [1.165, 1.54) is 141 Å². The highest BCUT2D eigenvalue weighted by Crippen LogP contribution is 2.14. The molecule has 57 heavy (non-hydrogen) atoms. The maximum Gasteiger partial charge on any atom is 0.407 e. The number of alkyl carbamates (subject to hydrolysis) is 1. The number of ether oxygens (including phenoxy) is 3. The van der Waals surface area contributed by atoms with E-state index in [-0.39, 0.29) is 18.1 Å². The number of hydrogen-bond donors (Lipinski definition) is 3. The molecule has 0 spiro atoms. The molecule has 3 N–H and O–H groups in total. The van der Waals surface area contributed by atoms with Gasteiger partial charge in [0.05, 0.1) is 18.8 Å². The van der Waals surface area contributed by atoms with Gasteiger partial charge in [0.15, 0.2) is 0 Å². The molecule has 1 aromatic rings. The highest BCUT2D eigenvalue weighted by molar-refractivity contribution is 5.81. The van der Waals surface area contributed by atoms with E-state index >= 15 is 0 Å². The fraction of sp³-hybridized carbons (Fsp3) is 0.837. The summed E-state index contributed by atoms with van der Waals surface area (Å²) in [5.41, 5.74) is 0.608. The lowest BCUT2D eigenvalue weighted by molar-refractivity contribution is -0.124. The third kappa shape index (κ3) is 35.5. The molecule has 0 saturated carbocycles. The molecule has 0 aliphatic carbocycles. The van der Waals surface area contributed by atoms with Gasteiger partial charge in [-0.05, 0) is 58.4 Å². The van der Waals surface area contributed by atoms with Gasteiger partial charge >= 0.3 is 6.09 Å². The highest BCUT2D eigenvalue weighted by atomic mass is 16.6. The van der Waals surface area contributed by atoms with Crippen molar-refractivity contribution in [2.45, 2.75) is 232 Å². The molecule has 0 aromatic heterocycles. The molecule has 0 fully saturated rings. The predicted molar refractivity (Wildman–Crippen MR) is 241 cm³/mol. The Bertz CT molecular complexity index is 1030. The van der Waals surface area contributed by atoms with E-state index in [0.29, 0.717) is 39.3 Å². The molecule has 8 nitrogen and oxygen atoms in total. The minimum Gasteiger partial charge on any atom is -0.444 e. The summed E-state index contributed by atoms with van der Waals surface area (Å²) < 4.78 is 17.9. The Kier molecular flexibility index (Phi) is 35.3. The van der Waals surface area contributed by atoms with Crippen molar-refractivity contribution in [1.82, 2.24) is 16.0 Å². The standard InChI is InChI=1S/C49H91N3O5/c1-6-8-10-12-14-16-18-20-22-24-26-33-39-55-43-45(56-40-34-27-25-23-21-19-17-15-13-11-9-7-2)42-52-47(53)46(51-41-44-35-29-28-30-36-44)37-31-32-38-50-48(54)57-49(3,4)5/h28-30,35-36,45-46,51H,6-27,31-34,37-43H2,1-5H3,(H,50,54)(H,52,53)/t45?,46-/m1/s1. The Balaban J connectivity index is 2.53. The van der Waals surface area contributed by atoms with Gasteiger partial charge in [0.25, 0.3) is 0 Å². The third-order valence-electron chi connectivity index (χ3n) is 10.6. The Morgan fingerprint density at radius 1 is 0.596 bits per heavy atom. The van der Waals surface area contributed by atoms with Crippen LogP contribution in [0.4, 0.5) is 4.79 Å². The zero-order valence-electron chi connectivity index (χ0n) is 37.9. The fourth-order valence-electron chi connectivity index (χ4n) is 7.10. The van der Waals surface area contributed by atoms with Crippen LogP contribution >= 0.6 is 0 Å². The van der Waals surface area contributed by atoms with Crippen LogP contribution in [-0.2, 0) is 25.5 Å². The summed E-state index contributed by atoms with van der Waals surface area (Å²) in [4.78, 5) is 25.7. The molecule has 0 heterocycles. The number of hydrogen-bond acceptors (Lipinski definition) is 6. The molecule has 1 unspecified atom stereocenters. The maximum atomic E-state index is 13.6. The van der Waals surface area contributed by atoms with Crippen LogP contribution in [0.25, 0.3) is 0 Å². The van der Waals surface area contributed by atoms with Crippen molar-refractivity contribution in [3.05, 3.63) is 35.9 Å². The summed E-state index contributed by atoms with van der Waals surface area (Å²) in [5, 5.41) is 9.52. The second kappa shape index (κ2) is 38.1.